The van der Waals surface area contributed by atoms with Crippen LogP contribution in [0, 0.1) is 0 Å². The van der Waals surface area contributed by atoms with Gasteiger partial charge in [0.15, 0.2) is 0 Å². The molecule has 1 aromatic carbocycles. The van der Waals surface area contributed by atoms with Crippen molar-refractivity contribution in [1.29, 1.82) is 0 Å². The molecule has 19 heavy (non-hydrogen) atoms. The van der Waals surface area contributed by atoms with Gasteiger partial charge >= 0.3 is 0 Å². The second-order valence-corrected chi connectivity index (χ2v) is 5.72. The van der Waals surface area contributed by atoms with Crippen molar-refractivity contribution >= 4 is 23.2 Å². The zero-order chi connectivity index (χ0) is 14.0. The highest BCUT2D eigenvalue weighted by molar-refractivity contribution is 6.42. The van der Waals surface area contributed by atoms with E-state index in [1.54, 1.807) is 6.07 Å². The molecule has 0 aliphatic carbocycles. The van der Waals surface area contributed by atoms with Gasteiger partial charge in [0.2, 0.25) is 0 Å². The average Bonchev–Trinajstić information content (AvgIpc) is 2.69. The van der Waals surface area contributed by atoms with Crippen molar-refractivity contribution in [3.8, 4) is 0 Å². The van der Waals surface area contributed by atoms with Crippen molar-refractivity contribution in [3.63, 3.8) is 0 Å². The number of β-amino-alcohol motifs (C(OH)–C–C–N with tert-alkyl or cyclic N) is 2. The van der Waals surface area contributed by atoms with Crippen molar-refractivity contribution in [2.24, 2.45) is 5.73 Å². The minimum Gasteiger partial charge on any atom is -0.389 e. The summed E-state index contributed by atoms with van der Waals surface area (Å²) in [5, 5.41) is 19.9. The normalized spacial score (nSPS) is 25.7. The van der Waals surface area contributed by atoms with E-state index in [1.165, 1.54) is 0 Å². The van der Waals surface area contributed by atoms with E-state index >= 15 is 0 Å². The van der Waals surface area contributed by atoms with Crippen LogP contribution in [0.5, 0.6) is 0 Å². The van der Waals surface area contributed by atoms with E-state index in [4.69, 9.17) is 28.9 Å². The molecule has 1 heterocycles. The number of hydrogen-bond donors (Lipinski definition) is 3. The highest BCUT2D eigenvalue weighted by Crippen LogP contribution is 2.30. The van der Waals surface area contributed by atoms with Gasteiger partial charge in [0.25, 0.3) is 0 Å². The lowest BCUT2D eigenvalue weighted by atomic mass is 10.0. The first-order chi connectivity index (χ1) is 8.99. The van der Waals surface area contributed by atoms with Gasteiger partial charge in [-0.1, -0.05) is 35.3 Å². The first kappa shape index (κ1) is 15.0. The molecule has 1 aliphatic heterocycles. The van der Waals surface area contributed by atoms with Crippen LogP contribution in [-0.2, 0) is 0 Å². The van der Waals surface area contributed by atoms with E-state index in [0.717, 1.165) is 5.56 Å². The van der Waals surface area contributed by atoms with Crippen LogP contribution >= 0.6 is 23.2 Å². The van der Waals surface area contributed by atoms with E-state index in [2.05, 4.69) is 0 Å². The lowest BCUT2D eigenvalue weighted by molar-refractivity contribution is 0.0572. The highest BCUT2D eigenvalue weighted by Gasteiger charge is 2.29. The topological polar surface area (TPSA) is 69.7 Å². The minimum absolute atomic E-state index is 0.207. The summed E-state index contributed by atoms with van der Waals surface area (Å²) in [5.74, 6) is 0. The predicted molar refractivity (Wildman–Crippen MR) is 76.5 cm³/mol. The van der Waals surface area contributed by atoms with Crippen LogP contribution in [0.15, 0.2) is 18.2 Å². The van der Waals surface area contributed by atoms with Gasteiger partial charge in [0.1, 0.15) is 0 Å². The third kappa shape index (κ3) is 3.60. The fourth-order valence-corrected chi connectivity index (χ4v) is 2.76. The van der Waals surface area contributed by atoms with Crippen LogP contribution in [0.4, 0.5) is 0 Å². The van der Waals surface area contributed by atoms with Crippen molar-refractivity contribution in [1.82, 2.24) is 4.90 Å². The third-order valence-electron chi connectivity index (χ3n) is 3.47. The van der Waals surface area contributed by atoms with Gasteiger partial charge in [-0.05, 0) is 18.1 Å². The molecule has 1 aromatic rings. The summed E-state index contributed by atoms with van der Waals surface area (Å²) < 4.78 is 0. The number of aliphatic hydroxyl groups excluding tert-OH is 2. The summed E-state index contributed by atoms with van der Waals surface area (Å²) in [6, 6.07) is 5.22. The number of benzene rings is 1. The molecule has 4 nitrogen and oxygen atoms in total. The predicted octanol–water partition coefficient (Wildman–Crippen LogP) is 1.42. The molecule has 0 saturated carbocycles. The first-order valence-corrected chi connectivity index (χ1v) is 7.02. The molecule has 1 fully saturated rings. The van der Waals surface area contributed by atoms with Crippen LogP contribution in [0.1, 0.15) is 18.0 Å². The smallest absolute Gasteiger partial charge is 0.0938 e. The van der Waals surface area contributed by atoms with Crippen LogP contribution in [0.2, 0.25) is 10.0 Å². The zero-order valence-corrected chi connectivity index (χ0v) is 12.0. The summed E-state index contributed by atoms with van der Waals surface area (Å²) in [6.45, 7) is 1.67. The van der Waals surface area contributed by atoms with Gasteiger partial charge < -0.3 is 15.9 Å². The summed E-state index contributed by atoms with van der Waals surface area (Å²) in [5.41, 5.74) is 6.95. The maximum atomic E-state index is 9.47. The Balaban J connectivity index is 1.91. The van der Waals surface area contributed by atoms with Crippen molar-refractivity contribution in [2.75, 3.05) is 19.6 Å². The SMILES string of the molecule is NC(CCN1CC(O)C(O)C1)c1cccc(Cl)c1Cl. The van der Waals surface area contributed by atoms with Gasteiger partial charge in [-0.25, -0.2) is 0 Å². The Morgan fingerprint density at radius 2 is 1.89 bits per heavy atom. The number of likely N-dealkylation sites (tertiary alicyclic amines) is 1. The Labute approximate surface area is 122 Å². The van der Waals surface area contributed by atoms with Crippen molar-refractivity contribution in [2.45, 2.75) is 24.7 Å². The molecular weight excluding hydrogens is 287 g/mol. The van der Waals surface area contributed by atoms with Gasteiger partial charge in [0.05, 0.1) is 22.3 Å². The van der Waals surface area contributed by atoms with E-state index in [9.17, 15) is 10.2 Å². The van der Waals surface area contributed by atoms with E-state index in [0.29, 0.717) is 36.1 Å². The summed E-state index contributed by atoms with van der Waals surface area (Å²) in [4.78, 5) is 1.99. The van der Waals surface area contributed by atoms with Crippen molar-refractivity contribution < 1.29 is 10.2 Å². The molecule has 0 spiro atoms. The Morgan fingerprint density at radius 1 is 1.26 bits per heavy atom. The number of nitrogens with zero attached hydrogens (tertiary/aromatic N) is 1. The molecule has 1 aliphatic rings. The number of nitrogens with two attached hydrogens (primary N) is 1. The lowest BCUT2D eigenvalue weighted by Crippen LogP contribution is -2.26. The number of aliphatic hydroxyl groups is 2. The summed E-state index contributed by atoms with van der Waals surface area (Å²) in [6.07, 6.45) is -0.628. The van der Waals surface area contributed by atoms with Gasteiger partial charge in [-0.2, -0.15) is 0 Å². The molecule has 3 atom stereocenters. The quantitative estimate of drug-likeness (QED) is 0.787. The van der Waals surface area contributed by atoms with E-state index < -0.39 is 12.2 Å². The lowest BCUT2D eigenvalue weighted by Gasteiger charge is -2.19. The standard InChI is InChI=1S/C13H18Cl2N2O2/c14-9-3-1-2-8(13(9)15)10(16)4-5-17-6-11(18)12(19)7-17/h1-3,10-12,18-19H,4-7,16H2. The third-order valence-corrected chi connectivity index (χ3v) is 4.31. The first-order valence-electron chi connectivity index (χ1n) is 6.27. The summed E-state index contributed by atoms with van der Waals surface area (Å²) >= 11 is 12.1. The maximum absolute atomic E-state index is 9.47. The molecule has 0 amide bonds. The second kappa shape index (κ2) is 6.39. The molecule has 0 bridgehead atoms. The van der Waals surface area contributed by atoms with Gasteiger partial charge in [-0.15, -0.1) is 0 Å². The largest absolute Gasteiger partial charge is 0.389 e. The Kier molecular flexibility index (Phi) is 5.06. The Morgan fingerprint density at radius 3 is 2.53 bits per heavy atom. The monoisotopic (exact) mass is 304 g/mol. The van der Waals surface area contributed by atoms with E-state index in [1.807, 2.05) is 17.0 Å². The number of rotatable bonds is 4. The fourth-order valence-electron chi connectivity index (χ4n) is 2.31. The highest BCUT2D eigenvalue weighted by atomic mass is 35.5. The molecule has 1 saturated heterocycles. The Bertz CT molecular complexity index is 435. The average molecular weight is 305 g/mol. The van der Waals surface area contributed by atoms with Crippen LogP contribution in [0.3, 0.4) is 0 Å². The van der Waals surface area contributed by atoms with Crippen LogP contribution in [0.25, 0.3) is 0 Å². The van der Waals surface area contributed by atoms with E-state index in [-0.39, 0.29) is 6.04 Å². The summed E-state index contributed by atoms with van der Waals surface area (Å²) in [7, 11) is 0. The molecule has 3 unspecified atom stereocenters. The van der Waals surface area contributed by atoms with Crippen molar-refractivity contribution in [3.05, 3.63) is 33.8 Å². The zero-order valence-electron chi connectivity index (χ0n) is 10.5. The molecule has 2 rings (SSSR count). The molecule has 4 N–H and O–H groups in total. The minimum atomic E-state index is -0.661. The number of hydrogen-bond acceptors (Lipinski definition) is 4. The molecular formula is C13H18Cl2N2O2. The van der Waals surface area contributed by atoms with Crippen LogP contribution in [-0.4, -0.2) is 47.0 Å². The van der Waals surface area contributed by atoms with Crippen LogP contribution < -0.4 is 5.73 Å². The molecule has 0 aromatic heterocycles. The molecule has 106 valence electrons. The van der Waals surface area contributed by atoms with Gasteiger partial charge in [-0.3, -0.25) is 4.90 Å². The van der Waals surface area contributed by atoms with Gasteiger partial charge in [0, 0.05) is 25.7 Å². The second-order valence-electron chi connectivity index (χ2n) is 4.93. The maximum Gasteiger partial charge on any atom is 0.0938 e. The fraction of sp³-hybridized carbons (Fsp3) is 0.538. The Hall–Kier alpha value is -0.360. The molecule has 0 radical (unpaired) electrons. The number of halogens is 2. The molecule has 6 heteroatoms.